The lowest BCUT2D eigenvalue weighted by atomic mass is 10.00. The molecule has 1 fully saturated rings. The summed E-state index contributed by atoms with van der Waals surface area (Å²) in [6.07, 6.45) is 4.42. The quantitative estimate of drug-likeness (QED) is 0.667. The van der Waals surface area contributed by atoms with Crippen LogP contribution in [0.1, 0.15) is 32.6 Å². The van der Waals surface area contributed by atoms with E-state index in [0.717, 1.165) is 19.5 Å². The van der Waals surface area contributed by atoms with E-state index in [1.165, 1.54) is 19.3 Å². The summed E-state index contributed by atoms with van der Waals surface area (Å²) in [5.74, 6) is 0. The molecule has 4 nitrogen and oxygen atoms in total. The highest BCUT2D eigenvalue weighted by Crippen LogP contribution is 2.18. The molecule has 0 aromatic heterocycles. The van der Waals surface area contributed by atoms with Crippen molar-refractivity contribution in [3.63, 3.8) is 0 Å². The minimum atomic E-state index is -0.147. The van der Waals surface area contributed by atoms with E-state index in [1.807, 2.05) is 6.92 Å². The van der Waals surface area contributed by atoms with Gasteiger partial charge in [0.15, 0.2) is 0 Å². The van der Waals surface area contributed by atoms with Crippen molar-refractivity contribution in [2.24, 2.45) is 5.73 Å². The Kier molecular flexibility index (Phi) is 6.96. The molecule has 1 aliphatic rings. The van der Waals surface area contributed by atoms with Gasteiger partial charge in [-0.1, -0.05) is 18.6 Å². The monoisotopic (exact) mass is 260 g/mol. The van der Waals surface area contributed by atoms with Crippen molar-refractivity contribution < 1.29 is 9.84 Å². The SMILES string of the molecule is CC(OCCN1CCCCC1CCO)C(N)=S. The van der Waals surface area contributed by atoms with Crippen LogP contribution in [0.25, 0.3) is 0 Å². The third kappa shape index (κ3) is 5.29. The first kappa shape index (κ1) is 14.8. The molecule has 1 heterocycles. The molecule has 0 spiro atoms. The van der Waals surface area contributed by atoms with Gasteiger partial charge in [0.2, 0.25) is 0 Å². The van der Waals surface area contributed by atoms with Crippen molar-refractivity contribution >= 4 is 17.2 Å². The standard InChI is InChI=1S/C12H24N2O2S/c1-10(12(13)17)16-9-7-14-6-3-2-4-11(14)5-8-15/h10-11,15H,2-9H2,1H3,(H2,13,17). The molecule has 1 saturated heterocycles. The summed E-state index contributed by atoms with van der Waals surface area (Å²) in [6, 6.07) is 0.512. The van der Waals surface area contributed by atoms with Crippen molar-refractivity contribution in [3.8, 4) is 0 Å². The number of hydrogen-bond donors (Lipinski definition) is 2. The van der Waals surface area contributed by atoms with Crippen LogP contribution >= 0.6 is 12.2 Å². The first-order valence-electron chi connectivity index (χ1n) is 6.41. The van der Waals surface area contributed by atoms with Gasteiger partial charge in [0, 0.05) is 19.2 Å². The van der Waals surface area contributed by atoms with Gasteiger partial charge < -0.3 is 15.6 Å². The van der Waals surface area contributed by atoms with Crippen molar-refractivity contribution in [1.29, 1.82) is 0 Å². The normalized spacial score (nSPS) is 23.5. The molecule has 0 aliphatic carbocycles. The summed E-state index contributed by atoms with van der Waals surface area (Å²) >= 11 is 4.86. The molecule has 2 atom stereocenters. The summed E-state index contributed by atoms with van der Waals surface area (Å²) in [7, 11) is 0. The van der Waals surface area contributed by atoms with Crippen molar-refractivity contribution in [2.75, 3.05) is 26.3 Å². The van der Waals surface area contributed by atoms with Crippen LogP contribution in [0.4, 0.5) is 0 Å². The minimum absolute atomic E-state index is 0.147. The summed E-state index contributed by atoms with van der Waals surface area (Å²) in [4.78, 5) is 2.82. The largest absolute Gasteiger partial charge is 0.396 e. The molecular weight excluding hydrogens is 236 g/mol. The van der Waals surface area contributed by atoms with Gasteiger partial charge in [-0.25, -0.2) is 0 Å². The molecule has 3 N–H and O–H groups in total. The molecule has 0 saturated carbocycles. The van der Waals surface area contributed by atoms with E-state index in [4.69, 9.17) is 27.8 Å². The Hall–Kier alpha value is -0.230. The molecule has 100 valence electrons. The van der Waals surface area contributed by atoms with Crippen LogP contribution in [0, 0.1) is 0 Å². The Morgan fingerprint density at radius 2 is 2.35 bits per heavy atom. The van der Waals surface area contributed by atoms with Gasteiger partial charge in [0.1, 0.15) is 11.1 Å². The number of aliphatic hydroxyl groups excluding tert-OH is 1. The molecule has 1 rings (SSSR count). The number of likely N-dealkylation sites (tertiary alicyclic amines) is 1. The summed E-state index contributed by atoms with van der Waals surface area (Å²) in [5.41, 5.74) is 5.49. The minimum Gasteiger partial charge on any atom is -0.396 e. The van der Waals surface area contributed by atoms with Crippen LogP contribution in [0.15, 0.2) is 0 Å². The van der Waals surface area contributed by atoms with E-state index in [0.29, 0.717) is 17.6 Å². The first-order valence-corrected chi connectivity index (χ1v) is 6.81. The molecular formula is C12H24N2O2S. The number of hydrogen-bond acceptors (Lipinski definition) is 4. The van der Waals surface area contributed by atoms with Gasteiger partial charge >= 0.3 is 0 Å². The Balaban J connectivity index is 2.25. The van der Waals surface area contributed by atoms with E-state index >= 15 is 0 Å². The molecule has 5 heteroatoms. The van der Waals surface area contributed by atoms with E-state index in [-0.39, 0.29) is 12.7 Å². The van der Waals surface area contributed by atoms with E-state index in [1.54, 1.807) is 0 Å². The van der Waals surface area contributed by atoms with Gasteiger partial charge in [-0.3, -0.25) is 4.90 Å². The van der Waals surface area contributed by atoms with Crippen molar-refractivity contribution in [2.45, 2.75) is 44.8 Å². The molecule has 2 unspecified atom stereocenters. The zero-order chi connectivity index (χ0) is 12.7. The lowest BCUT2D eigenvalue weighted by molar-refractivity contribution is 0.0518. The van der Waals surface area contributed by atoms with Gasteiger partial charge in [0.05, 0.1) is 6.61 Å². The summed E-state index contributed by atoms with van der Waals surface area (Å²) in [5, 5.41) is 9.03. The average Bonchev–Trinajstić information content (AvgIpc) is 2.31. The number of rotatable bonds is 7. The maximum atomic E-state index is 9.03. The molecule has 17 heavy (non-hydrogen) atoms. The lowest BCUT2D eigenvalue weighted by Crippen LogP contribution is -2.42. The average molecular weight is 260 g/mol. The zero-order valence-electron chi connectivity index (χ0n) is 10.6. The van der Waals surface area contributed by atoms with E-state index in [9.17, 15) is 0 Å². The highest BCUT2D eigenvalue weighted by atomic mass is 32.1. The maximum absolute atomic E-state index is 9.03. The van der Waals surface area contributed by atoms with Gasteiger partial charge in [-0.2, -0.15) is 0 Å². The number of piperidine rings is 1. The fourth-order valence-corrected chi connectivity index (χ4v) is 2.33. The number of ether oxygens (including phenoxy) is 1. The Morgan fingerprint density at radius 3 is 3.00 bits per heavy atom. The Morgan fingerprint density at radius 1 is 1.59 bits per heavy atom. The Labute approximate surface area is 109 Å². The summed E-state index contributed by atoms with van der Waals surface area (Å²) < 4.78 is 5.56. The topological polar surface area (TPSA) is 58.7 Å². The van der Waals surface area contributed by atoms with Crippen LogP contribution in [-0.4, -0.2) is 53.4 Å². The van der Waals surface area contributed by atoms with Crippen LogP contribution in [0.3, 0.4) is 0 Å². The van der Waals surface area contributed by atoms with Gasteiger partial charge in [-0.05, 0) is 32.7 Å². The second-order valence-corrected chi connectivity index (χ2v) is 5.08. The van der Waals surface area contributed by atoms with E-state index in [2.05, 4.69) is 4.90 Å². The predicted octanol–water partition coefficient (Wildman–Crippen LogP) is 0.915. The smallest absolute Gasteiger partial charge is 0.104 e. The van der Waals surface area contributed by atoms with Crippen LogP contribution in [-0.2, 0) is 4.74 Å². The van der Waals surface area contributed by atoms with Gasteiger partial charge in [0.25, 0.3) is 0 Å². The highest BCUT2D eigenvalue weighted by Gasteiger charge is 2.21. The number of nitrogens with zero attached hydrogens (tertiary/aromatic N) is 1. The molecule has 0 radical (unpaired) electrons. The molecule has 0 amide bonds. The fraction of sp³-hybridized carbons (Fsp3) is 0.917. The van der Waals surface area contributed by atoms with Crippen LogP contribution in [0.5, 0.6) is 0 Å². The number of aliphatic hydroxyl groups is 1. The molecule has 0 aromatic carbocycles. The predicted molar refractivity (Wildman–Crippen MR) is 73.1 cm³/mol. The molecule has 0 bridgehead atoms. The summed E-state index contributed by atoms with van der Waals surface area (Å²) in [6.45, 7) is 4.81. The fourth-order valence-electron chi connectivity index (χ4n) is 2.26. The lowest BCUT2D eigenvalue weighted by Gasteiger charge is -2.35. The third-order valence-corrected chi connectivity index (χ3v) is 3.69. The Bertz CT molecular complexity index is 237. The first-order chi connectivity index (χ1) is 8.15. The zero-order valence-corrected chi connectivity index (χ0v) is 11.4. The number of nitrogens with two attached hydrogens (primary N) is 1. The van der Waals surface area contributed by atoms with Crippen LogP contribution in [0.2, 0.25) is 0 Å². The number of thiocarbonyl (C=S) groups is 1. The van der Waals surface area contributed by atoms with Gasteiger partial charge in [-0.15, -0.1) is 0 Å². The molecule has 0 aromatic rings. The maximum Gasteiger partial charge on any atom is 0.104 e. The highest BCUT2D eigenvalue weighted by molar-refractivity contribution is 7.80. The molecule has 1 aliphatic heterocycles. The second kappa shape index (κ2) is 7.97. The van der Waals surface area contributed by atoms with Crippen LogP contribution < -0.4 is 5.73 Å². The third-order valence-electron chi connectivity index (χ3n) is 3.36. The van der Waals surface area contributed by atoms with E-state index < -0.39 is 0 Å². The van der Waals surface area contributed by atoms with Crippen molar-refractivity contribution in [3.05, 3.63) is 0 Å². The second-order valence-electron chi connectivity index (χ2n) is 4.61. The van der Waals surface area contributed by atoms with Crippen molar-refractivity contribution in [1.82, 2.24) is 4.90 Å².